The number of hydrogen-bond donors (Lipinski definition) is 2. The summed E-state index contributed by atoms with van der Waals surface area (Å²) in [6.45, 7) is 1.89. The zero-order valence-corrected chi connectivity index (χ0v) is 16.1. The fourth-order valence-corrected chi connectivity index (χ4v) is 2.69. The number of ether oxygens (including phenoxy) is 1. The van der Waals surface area contributed by atoms with Gasteiger partial charge in [-0.15, -0.1) is 0 Å². The Morgan fingerprint density at radius 2 is 1.45 bits per heavy atom. The Balaban J connectivity index is 2.16. The van der Waals surface area contributed by atoms with Gasteiger partial charge in [0.2, 0.25) is 0 Å². The number of amidine groups is 1. The van der Waals surface area contributed by atoms with Crippen molar-refractivity contribution in [1.29, 1.82) is 0 Å². The minimum Gasteiger partial charge on any atom is -0.506 e. The predicted octanol–water partition coefficient (Wildman–Crippen LogP) is 5.36. The van der Waals surface area contributed by atoms with Gasteiger partial charge in [-0.1, -0.05) is 66.7 Å². The van der Waals surface area contributed by atoms with Crippen LogP contribution >= 0.6 is 0 Å². The van der Waals surface area contributed by atoms with Gasteiger partial charge in [-0.3, -0.25) is 0 Å². The molecule has 0 spiro atoms. The van der Waals surface area contributed by atoms with E-state index in [9.17, 15) is 9.90 Å². The molecule has 5 heteroatoms. The molecule has 0 atom stereocenters. The molecular formula is C24H22N2O3. The summed E-state index contributed by atoms with van der Waals surface area (Å²) in [5.41, 5.74) is 1.82. The minimum absolute atomic E-state index is 0.0363. The molecule has 0 fully saturated rings. The molecule has 29 heavy (non-hydrogen) atoms. The van der Waals surface area contributed by atoms with Crippen LogP contribution in [-0.4, -0.2) is 23.5 Å². The lowest BCUT2D eigenvalue weighted by Gasteiger charge is -2.15. The van der Waals surface area contributed by atoms with Gasteiger partial charge in [0, 0.05) is 11.3 Å². The molecule has 0 unspecified atom stereocenters. The van der Waals surface area contributed by atoms with Crippen LogP contribution in [0.25, 0.3) is 5.76 Å². The summed E-state index contributed by atoms with van der Waals surface area (Å²) in [6.07, 6.45) is 0. The lowest BCUT2D eigenvalue weighted by atomic mass is 10.1. The van der Waals surface area contributed by atoms with E-state index in [0.29, 0.717) is 11.3 Å². The SMILES string of the molecule is CCOC(=O)/C(C(=Nc1ccccc1)Nc1ccccc1)=C(/O)c1ccccc1. The number of esters is 1. The van der Waals surface area contributed by atoms with Gasteiger partial charge < -0.3 is 15.2 Å². The molecule has 0 aliphatic carbocycles. The van der Waals surface area contributed by atoms with Crippen LogP contribution in [0.4, 0.5) is 11.4 Å². The maximum atomic E-state index is 12.8. The molecule has 0 saturated carbocycles. The second-order valence-electron chi connectivity index (χ2n) is 6.10. The Bertz CT molecular complexity index is 998. The quantitative estimate of drug-likeness (QED) is 0.197. The van der Waals surface area contributed by atoms with Crippen molar-refractivity contribution in [2.75, 3.05) is 11.9 Å². The zero-order valence-electron chi connectivity index (χ0n) is 16.1. The van der Waals surface area contributed by atoms with E-state index in [2.05, 4.69) is 10.3 Å². The number of anilines is 1. The molecular weight excluding hydrogens is 364 g/mol. The van der Waals surface area contributed by atoms with Crippen molar-refractivity contribution >= 4 is 28.9 Å². The Labute approximate surface area is 170 Å². The van der Waals surface area contributed by atoms with Crippen LogP contribution in [0.3, 0.4) is 0 Å². The summed E-state index contributed by atoms with van der Waals surface area (Å²) in [5, 5.41) is 14.1. The van der Waals surface area contributed by atoms with E-state index in [-0.39, 0.29) is 23.8 Å². The number of nitrogens with one attached hydrogen (secondary N) is 1. The summed E-state index contributed by atoms with van der Waals surface area (Å²) < 4.78 is 5.23. The molecule has 0 aliphatic rings. The van der Waals surface area contributed by atoms with Gasteiger partial charge in [0.05, 0.1) is 12.3 Å². The van der Waals surface area contributed by atoms with Gasteiger partial charge in [-0.25, -0.2) is 9.79 Å². The smallest absolute Gasteiger partial charge is 0.345 e. The Kier molecular flexibility index (Phi) is 6.79. The summed E-state index contributed by atoms with van der Waals surface area (Å²) >= 11 is 0. The largest absolute Gasteiger partial charge is 0.506 e. The summed E-state index contributed by atoms with van der Waals surface area (Å²) in [4.78, 5) is 17.4. The number of nitrogens with zero attached hydrogens (tertiary/aromatic N) is 1. The summed E-state index contributed by atoms with van der Waals surface area (Å²) in [7, 11) is 0. The highest BCUT2D eigenvalue weighted by atomic mass is 16.5. The number of para-hydroxylation sites is 2. The molecule has 0 bridgehead atoms. The van der Waals surface area contributed by atoms with Crippen LogP contribution in [0.1, 0.15) is 12.5 Å². The van der Waals surface area contributed by atoms with Crippen molar-refractivity contribution < 1.29 is 14.6 Å². The molecule has 2 N–H and O–H groups in total. The molecule has 0 amide bonds. The van der Waals surface area contributed by atoms with E-state index >= 15 is 0 Å². The average molecular weight is 386 g/mol. The first-order chi connectivity index (χ1) is 14.2. The van der Waals surface area contributed by atoms with Gasteiger partial charge in [0.15, 0.2) is 0 Å². The molecule has 3 aromatic carbocycles. The molecule has 5 nitrogen and oxygen atoms in total. The van der Waals surface area contributed by atoms with Crippen molar-refractivity contribution in [1.82, 2.24) is 0 Å². The number of aliphatic hydroxyl groups excluding tert-OH is 1. The summed E-state index contributed by atoms with van der Waals surface area (Å²) in [5.74, 6) is -0.670. The van der Waals surface area contributed by atoms with Crippen LogP contribution in [0.15, 0.2) is 102 Å². The highest BCUT2D eigenvalue weighted by Crippen LogP contribution is 2.22. The fourth-order valence-electron chi connectivity index (χ4n) is 2.69. The first-order valence-corrected chi connectivity index (χ1v) is 9.31. The number of rotatable bonds is 6. The van der Waals surface area contributed by atoms with Crippen molar-refractivity contribution in [2.24, 2.45) is 4.99 Å². The van der Waals surface area contributed by atoms with Crippen molar-refractivity contribution in [2.45, 2.75) is 6.92 Å². The third-order valence-corrected chi connectivity index (χ3v) is 4.03. The van der Waals surface area contributed by atoms with E-state index in [1.54, 1.807) is 31.2 Å². The average Bonchev–Trinajstić information content (AvgIpc) is 2.76. The minimum atomic E-state index is -0.660. The van der Waals surface area contributed by atoms with E-state index in [0.717, 1.165) is 5.69 Å². The molecule has 3 aromatic rings. The van der Waals surface area contributed by atoms with Crippen molar-refractivity contribution in [3.63, 3.8) is 0 Å². The number of aliphatic imine (C=N–C) groups is 1. The second kappa shape index (κ2) is 9.90. The van der Waals surface area contributed by atoms with Gasteiger partial charge in [-0.05, 0) is 31.2 Å². The Morgan fingerprint density at radius 3 is 2.03 bits per heavy atom. The van der Waals surface area contributed by atoms with Crippen LogP contribution in [0, 0.1) is 0 Å². The van der Waals surface area contributed by atoms with Crippen molar-refractivity contribution in [3.05, 3.63) is 102 Å². The Morgan fingerprint density at radius 1 is 0.897 bits per heavy atom. The van der Waals surface area contributed by atoms with Crippen LogP contribution in [-0.2, 0) is 9.53 Å². The molecule has 146 valence electrons. The van der Waals surface area contributed by atoms with Gasteiger partial charge in [0.1, 0.15) is 17.2 Å². The fraction of sp³-hybridized carbons (Fsp3) is 0.0833. The second-order valence-corrected chi connectivity index (χ2v) is 6.10. The number of carbonyl (C=O) groups is 1. The topological polar surface area (TPSA) is 70.9 Å². The summed E-state index contributed by atoms with van der Waals surface area (Å²) in [6, 6.07) is 27.4. The van der Waals surface area contributed by atoms with Crippen molar-refractivity contribution in [3.8, 4) is 0 Å². The molecule has 3 rings (SSSR count). The van der Waals surface area contributed by atoms with E-state index in [1.807, 2.05) is 66.7 Å². The number of hydrogen-bond acceptors (Lipinski definition) is 4. The van der Waals surface area contributed by atoms with Gasteiger partial charge >= 0.3 is 5.97 Å². The third kappa shape index (κ3) is 5.32. The maximum Gasteiger partial charge on any atom is 0.345 e. The highest BCUT2D eigenvalue weighted by Gasteiger charge is 2.24. The van der Waals surface area contributed by atoms with E-state index in [4.69, 9.17) is 4.74 Å². The molecule has 0 saturated heterocycles. The number of aliphatic hydroxyl groups is 1. The lowest BCUT2D eigenvalue weighted by molar-refractivity contribution is -0.137. The van der Waals surface area contributed by atoms with Gasteiger partial charge in [0.25, 0.3) is 0 Å². The first kappa shape index (κ1) is 19.9. The van der Waals surface area contributed by atoms with E-state index in [1.165, 1.54) is 0 Å². The lowest BCUT2D eigenvalue weighted by Crippen LogP contribution is -2.24. The number of benzene rings is 3. The standard InChI is InChI=1S/C24H22N2O3/c1-2-29-24(28)21(22(27)18-12-6-3-7-13-18)23(25-19-14-8-4-9-15-19)26-20-16-10-5-11-17-20/h3-17,27H,2H2,1H3,(H,25,26)/b22-21+. The van der Waals surface area contributed by atoms with Crippen LogP contribution < -0.4 is 5.32 Å². The molecule has 0 radical (unpaired) electrons. The molecule has 0 heterocycles. The third-order valence-electron chi connectivity index (χ3n) is 4.03. The Hall–Kier alpha value is -3.86. The monoisotopic (exact) mass is 386 g/mol. The predicted molar refractivity (Wildman–Crippen MR) is 116 cm³/mol. The number of carbonyl (C=O) groups excluding carboxylic acids is 1. The van der Waals surface area contributed by atoms with Crippen LogP contribution in [0.2, 0.25) is 0 Å². The maximum absolute atomic E-state index is 12.8. The first-order valence-electron chi connectivity index (χ1n) is 9.31. The normalized spacial score (nSPS) is 12.1. The molecule has 0 aromatic heterocycles. The molecule has 0 aliphatic heterocycles. The van der Waals surface area contributed by atoms with Crippen LogP contribution in [0.5, 0.6) is 0 Å². The van der Waals surface area contributed by atoms with Gasteiger partial charge in [-0.2, -0.15) is 0 Å². The van der Waals surface area contributed by atoms with E-state index < -0.39 is 5.97 Å². The highest BCUT2D eigenvalue weighted by molar-refractivity contribution is 6.28. The zero-order chi connectivity index (χ0) is 20.5.